The van der Waals surface area contributed by atoms with Crippen molar-refractivity contribution in [2.24, 2.45) is 5.92 Å². The Kier molecular flexibility index (Phi) is 3.48. The van der Waals surface area contributed by atoms with Crippen molar-refractivity contribution in [2.45, 2.75) is 31.3 Å². The van der Waals surface area contributed by atoms with Crippen molar-refractivity contribution < 1.29 is 0 Å². The zero-order valence-corrected chi connectivity index (χ0v) is 12.6. The van der Waals surface area contributed by atoms with E-state index in [2.05, 4.69) is 34.7 Å². The van der Waals surface area contributed by atoms with Gasteiger partial charge in [0.25, 0.3) is 0 Å². The highest BCUT2D eigenvalue weighted by atomic mass is 35.5. The Morgan fingerprint density at radius 1 is 1.32 bits per heavy atom. The van der Waals surface area contributed by atoms with E-state index in [1.807, 2.05) is 12.1 Å². The van der Waals surface area contributed by atoms with E-state index in [-0.39, 0.29) is 11.6 Å². The molecule has 2 fully saturated rings. The summed E-state index contributed by atoms with van der Waals surface area (Å²) in [7, 11) is 2.12. The first-order valence-corrected chi connectivity index (χ1v) is 7.29. The second-order valence-electron chi connectivity index (χ2n) is 5.81. The lowest BCUT2D eigenvalue weighted by Gasteiger charge is -2.52. The van der Waals surface area contributed by atoms with Crippen molar-refractivity contribution >= 4 is 23.2 Å². The van der Waals surface area contributed by atoms with Crippen LogP contribution in [0, 0.1) is 5.92 Å². The van der Waals surface area contributed by atoms with E-state index >= 15 is 0 Å². The molecule has 1 aromatic rings. The molecule has 19 heavy (non-hydrogen) atoms. The Morgan fingerprint density at radius 3 is 2.42 bits per heavy atom. The first kappa shape index (κ1) is 13.6. The Labute approximate surface area is 123 Å². The zero-order chi connectivity index (χ0) is 13.6. The molecular weight excluding hydrogens is 283 g/mol. The van der Waals surface area contributed by atoms with E-state index in [9.17, 15) is 0 Å². The molecule has 1 saturated heterocycles. The number of halogens is 2. The maximum atomic E-state index is 6.07. The molecule has 1 unspecified atom stereocenters. The molecule has 2 aliphatic rings. The highest BCUT2D eigenvalue weighted by Crippen LogP contribution is 2.51. The molecule has 4 nitrogen and oxygen atoms in total. The highest BCUT2D eigenvalue weighted by molar-refractivity contribution is 6.32. The van der Waals surface area contributed by atoms with E-state index in [0.29, 0.717) is 10.3 Å². The Balaban J connectivity index is 2.00. The number of nitrogens with zero attached hydrogens (tertiary/aromatic N) is 2. The molecule has 0 spiro atoms. The largest absolute Gasteiger partial charge is 0.275 e. The van der Waals surface area contributed by atoms with Gasteiger partial charge in [-0.15, -0.1) is 0 Å². The molecular formula is C13H18Cl2N4. The Hall–Kier alpha value is -0.390. The second kappa shape index (κ2) is 4.86. The fourth-order valence-electron chi connectivity index (χ4n) is 3.58. The van der Waals surface area contributed by atoms with E-state index in [1.54, 1.807) is 0 Å². The van der Waals surface area contributed by atoms with Crippen LogP contribution in [0.25, 0.3) is 0 Å². The van der Waals surface area contributed by atoms with Crippen LogP contribution in [-0.2, 0) is 5.41 Å². The molecule has 1 aromatic heterocycles. The van der Waals surface area contributed by atoms with Gasteiger partial charge in [-0.25, -0.2) is 15.8 Å². The number of hydrogen-bond acceptors (Lipinski definition) is 4. The summed E-state index contributed by atoms with van der Waals surface area (Å²) in [5.74, 6) is 0.724. The summed E-state index contributed by atoms with van der Waals surface area (Å²) < 4.78 is 0. The lowest BCUT2D eigenvalue weighted by Crippen LogP contribution is -2.58. The van der Waals surface area contributed by atoms with Crippen molar-refractivity contribution in [3.8, 4) is 0 Å². The fraction of sp³-hybridized carbons (Fsp3) is 0.615. The number of likely N-dealkylation sites (N-methyl/N-ethyl adjacent to an activating group) is 1. The summed E-state index contributed by atoms with van der Waals surface area (Å²) in [5.41, 5.74) is 7.83. The average molecular weight is 301 g/mol. The SMILES string of the molecule is CC1CC(c2cc(Cl)nc(Cl)c2)(C2NNCN2C)C1. The maximum absolute atomic E-state index is 6.07. The Morgan fingerprint density at radius 2 is 1.95 bits per heavy atom. The lowest BCUT2D eigenvalue weighted by molar-refractivity contribution is 0.0523. The third-order valence-electron chi connectivity index (χ3n) is 4.29. The molecule has 0 radical (unpaired) electrons. The topological polar surface area (TPSA) is 40.2 Å². The van der Waals surface area contributed by atoms with Crippen LogP contribution in [0.4, 0.5) is 0 Å². The quantitative estimate of drug-likeness (QED) is 0.823. The summed E-state index contributed by atoms with van der Waals surface area (Å²) in [5, 5.41) is 0.935. The summed E-state index contributed by atoms with van der Waals surface area (Å²) in [6.45, 7) is 3.12. The van der Waals surface area contributed by atoms with Crippen LogP contribution in [0.2, 0.25) is 10.3 Å². The van der Waals surface area contributed by atoms with Crippen molar-refractivity contribution in [1.29, 1.82) is 0 Å². The molecule has 1 atom stereocenters. The third kappa shape index (κ3) is 2.26. The molecule has 1 aliphatic heterocycles. The fourth-order valence-corrected chi connectivity index (χ4v) is 4.04. The van der Waals surface area contributed by atoms with E-state index < -0.39 is 0 Å². The molecule has 0 aromatic carbocycles. The van der Waals surface area contributed by atoms with Crippen molar-refractivity contribution in [3.05, 3.63) is 28.0 Å². The lowest BCUT2D eigenvalue weighted by atomic mass is 9.57. The van der Waals surface area contributed by atoms with Crippen LogP contribution in [0.1, 0.15) is 25.3 Å². The smallest absolute Gasteiger partial charge is 0.131 e. The van der Waals surface area contributed by atoms with E-state index in [1.165, 1.54) is 5.56 Å². The summed E-state index contributed by atoms with van der Waals surface area (Å²) >= 11 is 12.1. The molecule has 3 rings (SSSR count). The predicted octanol–water partition coefficient (Wildman–Crippen LogP) is 2.38. The minimum absolute atomic E-state index is 0.0634. The number of rotatable bonds is 2. The number of nitrogens with one attached hydrogen (secondary N) is 2. The second-order valence-corrected chi connectivity index (χ2v) is 6.58. The Bertz CT molecular complexity index is 467. The first-order chi connectivity index (χ1) is 9.01. The van der Waals surface area contributed by atoms with Gasteiger partial charge < -0.3 is 0 Å². The summed E-state index contributed by atoms with van der Waals surface area (Å²) in [4.78, 5) is 6.34. The molecule has 1 saturated carbocycles. The zero-order valence-electron chi connectivity index (χ0n) is 11.1. The van der Waals surface area contributed by atoms with Crippen molar-refractivity contribution in [3.63, 3.8) is 0 Å². The van der Waals surface area contributed by atoms with Gasteiger partial charge in [-0.3, -0.25) is 4.90 Å². The first-order valence-electron chi connectivity index (χ1n) is 6.53. The van der Waals surface area contributed by atoms with Gasteiger partial charge in [-0.1, -0.05) is 30.1 Å². The van der Waals surface area contributed by atoms with Crippen LogP contribution in [0.5, 0.6) is 0 Å². The van der Waals surface area contributed by atoms with Crippen LogP contribution in [0.15, 0.2) is 12.1 Å². The number of aromatic nitrogens is 1. The molecule has 6 heteroatoms. The number of hydrazine groups is 1. The molecule has 104 valence electrons. The van der Waals surface area contributed by atoms with Crippen molar-refractivity contribution in [1.82, 2.24) is 20.7 Å². The standard InChI is InChI=1S/C13H18Cl2N4/c1-8-5-13(6-8,12-18-16-7-19(12)2)9-3-10(14)17-11(15)4-9/h3-4,8,12,16,18H,5-7H2,1-2H3. The van der Waals surface area contributed by atoms with Gasteiger partial charge in [0.15, 0.2) is 0 Å². The third-order valence-corrected chi connectivity index (χ3v) is 4.68. The minimum atomic E-state index is 0.0634. The molecule has 2 heterocycles. The average Bonchev–Trinajstić information content (AvgIpc) is 2.70. The van der Waals surface area contributed by atoms with Gasteiger partial charge in [0.05, 0.1) is 12.8 Å². The van der Waals surface area contributed by atoms with Gasteiger partial charge in [-0.05, 0) is 43.5 Å². The molecule has 2 N–H and O–H groups in total. The van der Waals surface area contributed by atoms with Crippen molar-refractivity contribution in [2.75, 3.05) is 13.7 Å². The molecule has 0 bridgehead atoms. The molecule has 0 amide bonds. The van der Waals surface area contributed by atoms with Crippen LogP contribution >= 0.6 is 23.2 Å². The summed E-state index contributed by atoms with van der Waals surface area (Å²) in [6.07, 6.45) is 2.53. The van der Waals surface area contributed by atoms with Gasteiger partial charge in [-0.2, -0.15) is 0 Å². The van der Waals surface area contributed by atoms with Crippen LogP contribution in [0.3, 0.4) is 0 Å². The monoisotopic (exact) mass is 300 g/mol. The van der Waals surface area contributed by atoms with Gasteiger partial charge in [0, 0.05) is 5.41 Å². The van der Waals surface area contributed by atoms with Crippen LogP contribution < -0.4 is 10.9 Å². The van der Waals surface area contributed by atoms with Gasteiger partial charge in [0.1, 0.15) is 10.3 Å². The normalized spacial score (nSPS) is 35.4. The predicted molar refractivity (Wildman–Crippen MR) is 77.0 cm³/mol. The highest BCUT2D eigenvalue weighted by Gasteiger charge is 2.52. The van der Waals surface area contributed by atoms with E-state index in [0.717, 1.165) is 25.4 Å². The molecule has 1 aliphatic carbocycles. The number of hydrogen-bond donors (Lipinski definition) is 2. The van der Waals surface area contributed by atoms with Crippen LogP contribution in [-0.4, -0.2) is 29.8 Å². The van der Waals surface area contributed by atoms with Gasteiger partial charge >= 0.3 is 0 Å². The maximum Gasteiger partial charge on any atom is 0.131 e. The minimum Gasteiger partial charge on any atom is -0.275 e. The summed E-state index contributed by atoms with van der Waals surface area (Å²) in [6, 6.07) is 3.90. The van der Waals surface area contributed by atoms with Gasteiger partial charge in [0.2, 0.25) is 0 Å². The van der Waals surface area contributed by atoms with E-state index in [4.69, 9.17) is 23.2 Å². The number of pyridine rings is 1.